The fourth-order valence-corrected chi connectivity index (χ4v) is 1.24. The van der Waals surface area contributed by atoms with Gasteiger partial charge in [0.1, 0.15) is 0 Å². The van der Waals surface area contributed by atoms with Gasteiger partial charge in [0.15, 0.2) is 0 Å². The van der Waals surface area contributed by atoms with Crippen LogP contribution >= 0.6 is 0 Å². The molecule has 0 saturated heterocycles. The van der Waals surface area contributed by atoms with Gasteiger partial charge in [-0.1, -0.05) is 24.3 Å². The van der Waals surface area contributed by atoms with Crippen LogP contribution in [0.25, 0.3) is 5.57 Å². The monoisotopic (exact) mass is 176 g/mol. The molecule has 1 nitrogen and oxygen atoms in total. The van der Waals surface area contributed by atoms with Crippen LogP contribution < -0.4 is 0 Å². The molecule has 13 heavy (non-hydrogen) atoms. The number of rotatable bonds is 3. The SMILES string of the molecule is CC=C(C)c1cccc(COC)c1. The van der Waals surface area contributed by atoms with E-state index in [1.807, 2.05) is 0 Å². The van der Waals surface area contributed by atoms with Crippen LogP contribution in [-0.4, -0.2) is 7.11 Å². The van der Waals surface area contributed by atoms with Gasteiger partial charge in [0, 0.05) is 7.11 Å². The van der Waals surface area contributed by atoms with Gasteiger partial charge < -0.3 is 4.74 Å². The third-order valence-electron chi connectivity index (χ3n) is 2.13. The number of hydrogen-bond donors (Lipinski definition) is 0. The highest BCUT2D eigenvalue weighted by Crippen LogP contribution is 2.15. The number of ether oxygens (including phenoxy) is 1. The predicted octanol–water partition coefficient (Wildman–Crippen LogP) is 3.26. The lowest BCUT2D eigenvalue weighted by Crippen LogP contribution is -1.88. The van der Waals surface area contributed by atoms with Crippen LogP contribution in [-0.2, 0) is 11.3 Å². The maximum Gasteiger partial charge on any atom is 0.0713 e. The standard InChI is InChI=1S/C12H16O/c1-4-10(2)12-7-5-6-11(8-12)9-13-3/h4-8H,9H2,1-3H3. The van der Waals surface area contributed by atoms with E-state index < -0.39 is 0 Å². The summed E-state index contributed by atoms with van der Waals surface area (Å²) >= 11 is 0. The zero-order valence-electron chi connectivity index (χ0n) is 8.50. The first kappa shape index (κ1) is 10.0. The van der Waals surface area contributed by atoms with Crippen LogP contribution in [0.1, 0.15) is 25.0 Å². The van der Waals surface area contributed by atoms with Crippen LogP contribution in [0, 0.1) is 0 Å². The Bertz CT molecular complexity index is 300. The first-order valence-corrected chi connectivity index (χ1v) is 4.49. The lowest BCUT2D eigenvalue weighted by molar-refractivity contribution is 0.185. The van der Waals surface area contributed by atoms with Crippen LogP contribution in [0.5, 0.6) is 0 Å². The molecule has 0 unspecified atom stereocenters. The van der Waals surface area contributed by atoms with E-state index in [1.165, 1.54) is 16.7 Å². The van der Waals surface area contributed by atoms with Crippen molar-refractivity contribution in [1.29, 1.82) is 0 Å². The quantitative estimate of drug-likeness (QED) is 0.687. The molecule has 0 saturated carbocycles. The minimum Gasteiger partial charge on any atom is -0.380 e. The zero-order chi connectivity index (χ0) is 9.68. The van der Waals surface area contributed by atoms with E-state index in [-0.39, 0.29) is 0 Å². The largest absolute Gasteiger partial charge is 0.380 e. The molecule has 0 atom stereocenters. The molecule has 0 radical (unpaired) electrons. The van der Waals surface area contributed by atoms with E-state index in [0.29, 0.717) is 6.61 Å². The number of benzene rings is 1. The molecule has 0 amide bonds. The fraction of sp³-hybridized carbons (Fsp3) is 0.333. The van der Waals surface area contributed by atoms with Crippen molar-refractivity contribution in [2.75, 3.05) is 7.11 Å². The van der Waals surface area contributed by atoms with Crippen molar-refractivity contribution in [2.24, 2.45) is 0 Å². The van der Waals surface area contributed by atoms with Gasteiger partial charge in [-0.2, -0.15) is 0 Å². The minimum atomic E-state index is 0.685. The summed E-state index contributed by atoms with van der Waals surface area (Å²) in [5, 5.41) is 0. The molecule has 0 fully saturated rings. The van der Waals surface area contributed by atoms with Crippen molar-refractivity contribution in [3.63, 3.8) is 0 Å². The van der Waals surface area contributed by atoms with E-state index in [1.54, 1.807) is 7.11 Å². The highest BCUT2D eigenvalue weighted by atomic mass is 16.5. The van der Waals surface area contributed by atoms with E-state index in [2.05, 4.69) is 44.2 Å². The maximum absolute atomic E-state index is 5.08. The van der Waals surface area contributed by atoms with E-state index in [0.717, 1.165) is 0 Å². The molecule has 1 aromatic rings. The summed E-state index contributed by atoms with van der Waals surface area (Å²) < 4.78 is 5.08. The second kappa shape index (κ2) is 4.83. The lowest BCUT2D eigenvalue weighted by atomic mass is 10.0. The molecule has 70 valence electrons. The van der Waals surface area contributed by atoms with Crippen molar-refractivity contribution in [3.05, 3.63) is 41.5 Å². The molecule has 0 aromatic heterocycles. The van der Waals surface area contributed by atoms with Gasteiger partial charge in [-0.15, -0.1) is 0 Å². The first-order valence-electron chi connectivity index (χ1n) is 4.49. The van der Waals surface area contributed by atoms with E-state index >= 15 is 0 Å². The summed E-state index contributed by atoms with van der Waals surface area (Å²) in [6.07, 6.45) is 2.12. The molecule has 0 aliphatic heterocycles. The Hall–Kier alpha value is -1.08. The van der Waals surface area contributed by atoms with Gasteiger partial charge in [0.25, 0.3) is 0 Å². The average Bonchev–Trinajstić information content (AvgIpc) is 2.18. The second-order valence-corrected chi connectivity index (χ2v) is 3.11. The van der Waals surface area contributed by atoms with Gasteiger partial charge >= 0.3 is 0 Å². The molecule has 1 rings (SSSR count). The highest BCUT2D eigenvalue weighted by molar-refractivity contribution is 5.63. The molecule has 0 aliphatic rings. The molecular weight excluding hydrogens is 160 g/mol. The van der Waals surface area contributed by atoms with Gasteiger partial charge in [-0.05, 0) is 36.6 Å². The molecule has 0 spiro atoms. The highest BCUT2D eigenvalue weighted by Gasteiger charge is 1.96. The third-order valence-corrected chi connectivity index (χ3v) is 2.13. The third kappa shape index (κ3) is 2.71. The van der Waals surface area contributed by atoms with Crippen LogP contribution in [0.15, 0.2) is 30.3 Å². The Labute approximate surface area is 80.0 Å². The molecular formula is C12H16O. The summed E-state index contributed by atoms with van der Waals surface area (Å²) in [6, 6.07) is 8.43. The Kier molecular flexibility index (Phi) is 3.71. The van der Waals surface area contributed by atoms with E-state index in [9.17, 15) is 0 Å². The van der Waals surface area contributed by atoms with Crippen molar-refractivity contribution in [3.8, 4) is 0 Å². The number of allylic oxidation sites excluding steroid dienone is 2. The molecule has 1 aromatic carbocycles. The topological polar surface area (TPSA) is 9.23 Å². The Morgan fingerprint density at radius 2 is 2.23 bits per heavy atom. The average molecular weight is 176 g/mol. The summed E-state index contributed by atoms with van der Waals surface area (Å²) in [5.41, 5.74) is 3.80. The summed E-state index contributed by atoms with van der Waals surface area (Å²) in [6.45, 7) is 4.86. The van der Waals surface area contributed by atoms with Crippen molar-refractivity contribution < 1.29 is 4.74 Å². The maximum atomic E-state index is 5.08. The molecule has 0 aliphatic carbocycles. The van der Waals surface area contributed by atoms with E-state index in [4.69, 9.17) is 4.74 Å². The fourth-order valence-electron chi connectivity index (χ4n) is 1.24. The van der Waals surface area contributed by atoms with Gasteiger partial charge in [0.2, 0.25) is 0 Å². The molecule has 1 heteroatoms. The second-order valence-electron chi connectivity index (χ2n) is 3.11. The van der Waals surface area contributed by atoms with Crippen LogP contribution in [0.4, 0.5) is 0 Å². The summed E-state index contributed by atoms with van der Waals surface area (Å²) in [7, 11) is 1.72. The Balaban J connectivity index is 2.91. The normalized spacial score (nSPS) is 11.8. The number of methoxy groups -OCH3 is 1. The molecule has 0 bridgehead atoms. The first-order chi connectivity index (χ1) is 6.27. The Morgan fingerprint density at radius 3 is 2.85 bits per heavy atom. The van der Waals surface area contributed by atoms with Gasteiger partial charge in [-0.25, -0.2) is 0 Å². The number of hydrogen-bond acceptors (Lipinski definition) is 1. The molecule has 0 heterocycles. The zero-order valence-corrected chi connectivity index (χ0v) is 8.50. The minimum absolute atomic E-state index is 0.685. The van der Waals surface area contributed by atoms with Crippen LogP contribution in [0.2, 0.25) is 0 Å². The Morgan fingerprint density at radius 1 is 1.46 bits per heavy atom. The summed E-state index contributed by atoms with van der Waals surface area (Å²) in [4.78, 5) is 0. The van der Waals surface area contributed by atoms with Gasteiger partial charge in [-0.3, -0.25) is 0 Å². The lowest BCUT2D eigenvalue weighted by Gasteiger charge is -2.04. The van der Waals surface area contributed by atoms with Gasteiger partial charge in [0.05, 0.1) is 6.61 Å². The van der Waals surface area contributed by atoms with Crippen LogP contribution in [0.3, 0.4) is 0 Å². The van der Waals surface area contributed by atoms with Crippen molar-refractivity contribution in [1.82, 2.24) is 0 Å². The molecule has 0 N–H and O–H groups in total. The van der Waals surface area contributed by atoms with Crippen molar-refractivity contribution >= 4 is 5.57 Å². The predicted molar refractivity (Wildman–Crippen MR) is 56.5 cm³/mol. The smallest absolute Gasteiger partial charge is 0.0713 e. The van der Waals surface area contributed by atoms with Crippen molar-refractivity contribution in [2.45, 2.75) is 20.5 Å². The summed E-state index contributed by atoms with van der Waals surface area (Å²) in [5.74, 6) is 0.